The molecule has 0 radical (unpaired) electrons. The number of amides is 1. The van der Waals surface area contributed by atoms with Crippen molar-refractivity contribution >= 4 is 44.6 Å². The summed E-state index contributed by atoms with van der Waals surface area (Å²) in [5.74, 6) is -5.94. The monoisotopic (exact) mass is 586 g/mol. The SMILES string of the molecule is CC(C)(C)OC(=O)N(c1cscn1)S(=O)(=O)c1c(F)cc(Nc2ccccc2CCN2CC(F)(F)C2)cc1F. The molecule has 1 fully saturated rings. The van der Waals surface area contributed by atoms with Crippen LogP contribution in [0.3, 0.4) is 0 Å². The van der Waals surface area contributed by atoms with Gasteiger partial charge in [0.15, 0.2) is 10.7 Å². The highest BCUT2D eigenvalue weighted by molar-refractivity contribution is 7.93. The van der Waals surface area contributed by atoms with E-state index in [0.717, 1.165) is 23.5 Å². The maximum absolute atomic E-state index is 15.3. The lowest BCUT2D eigenvalue weighted by Gasteiger charge is -2.38. The zero-order valence-corrected chi connectivity index (χ0v) is 22.9. The molecule has 0 atom stereocenters. The molecule has 14 heteroatoms. The topological polar surface area (TPSA) is 91.8 Å². The Morgan fingerprint density at radius 3 is 2.38 bits per heavy atom. The van der Waals surface area contributed by atoms with Crippen molar-refractivity contribution in [2.24, 2.45) is 0 Å². The molecule has 0 spiro atoms. The third-order valence-corrected chi connectivity index (χ3v) is 7.88. The molecule has 2 aromatic carbocycles. The quantitative estimate of drug-likeness (QED) is 0.334. The number of hydrogen-bond donors (Lipinski definition) is 1. The zero-order chi connectivity index (χ0) is 28.6. The van der Waals surface area contributed by atoms with Crippen LogP contribution in [0.5, 0.6) is 0 Å². The summed E-state index contributed by atoms with van der Waals surface area (Å²) in [5.41, 5.74) is 1.24. The molecule has 0 saturated carbocycles. The second kappa shape index (κ2) is 10.7. The molecule has 1 N–H and O–H groups in total. The summed E-state index contributed by atoms with van der Waals surface area (Å²) in [6, 6.07) is 8.40. The minimum atomic E-state index is -5.12. The summed E-state index contributed by atoms with van der Waals surface area (Å²) in [7, 11) is -5.12. The molecule has 1 saturated heterocycles. The molecule has 3 aromatic rings. The minimum Gasteiger partial charge on any atom is -0.443 e. The number of aromatic nitrogens is 1. The summed E-state index contributed by atoms with van der Waals surface area (Å²) in [5, 5.41) is 4.09. The molecule has 1 amide bonds. The van der Waals surface area contributed by atoms with Crippen molar-refractivity contribution in [1.29, 1.82) is 0 Å². The standard InChI is InChI=1S/C25H26F4N4O4S2/c1-24(2,3)37-23(34)33(21-12-38-15-30-21)39(35,36)22-18(26)10-17(11-19(22)27)31-20-7-5-4-6-16(20)8-9-32-13-25(28,29)14-32/h4-7,10-12,15,31H,8-9,13-14H2,1-3H3. The lowest BCUT2D eigenvalue weighted by atomic mass is 10.1. The van der Waals surface area contributed by atoms with Gasteiger partial charge in [0.2, 0.25) is 0 Å². The van der Waals surface area contributed by atoms with Crippen molar-refractivity contribution in [1.82, 2.24) is 9.88 Å². The summed E-state index contributed by atoms with van der Waals surface area (Å²) in [4.78, 5) is 16.9. The lowest BCUT2D eigenvalue weighted by molar-refractivity contribution is -0.129. The molecular formula is C25H26F4N4O4S2. The number of carbonyl (C=O) groups excluding carboxylic acids is 1. The molecule has 0 bridgehead atoms. The predicted octanol–water partition coefficient (Wildman–Crippen LogP) is 5.79. The fraction of sp³-hybridized carbons (Fsp3) is 0.360. The summed E-state index contributed by atoms with van der Waals surface area (Å²) >= 11 is 0.976. The van der Waals surface area contributed by atoms with Gasteiger partial charge in [-0.05, 0) is 51.0 Å². The van der Waals surface area contributed by atoms with Gasteiger partial charge in [0.1, 0.15) is 17.2 Å². The number of benzene rings is 2. The van der Waals surface area contributed by atoms with E-state index in [2.05, 4.69) is 10.3 Å². The number of nitrogens with zero attached hydrogens (tertiary/aromatic N) is 3. The molecule has 1 aromatic heterocycles. The van der Waals surface area contributed by atoms with Crippen molar-refractivity contribution in [3.8, 4) is 0 Å². The van der Waals surface area contributed by atoms with Gasteiger partial charge < -0.3 is 10.1 Å². The van der Waals surface area contributed by atoms with Crippen LogP contribution in [0.1, 0.15) is 26.3 Å². The Balaban J connectivity index is 1.60. The number of para-hydroxylation sites is 1. The van der Waals surface area contributed by atoms with Crippen LogP contribution in [0.25, 0.3) is 0 Å². The number of halogens is 4. The second-order valence-electron chi connectivity index (χ2n) is 9.96. The Labute approximate surface area is 227 Å². The van der Waals surface area contributed by atoms with E-state index in [1.165, 1.54) is 31.7 Å². The third-order valence-electron chi connectivity index (χ3n) is 5.59. The zero-order valence-electron chi connectivity index (χ0n) is 21.3. The number of hydrogen-bond acceptors (Lipinski definition) is 8. The van der Waals surface area contributed by atoms with Crippen molar-refractivity contribution in [3.05, 3.63) is 64.5 Å². The highest BCUT2D eigenvalue weighted by Crippen LogP contribution is 2.33. The number of anilines is 3. The molecule has 0 unspecified atom stereocenters. The van der Waals surface area contributed by atoms with Gasteiger partial charge in [0.05, 0.1) is 18.6 Å². The fourth-order valence-corrected chi connectivity index (χ4v) is 5.91. The van der Waals surface area contributed by atoms with Gasteiger partial charge in [-0.25, -0.2) is 35.8 Å². The molecule has 1 aliphatic rings. The fourth-order valence-electron chi connectivity index (χ4n) is 3.95. The Morgan fingerprint density at radius 2 is 1.82 bits per heavy atom. The first kappa shape index (κ1) is 28.8. The van der Waals surface area contributed by atoms with Crippen LogP contribution >= 0.6 is 11.3 Å². The van der Waals surface area contributed by atoms with Gasteiger partial charge in [0.25, 0.3) is 15.9 Å². The number of nitrogens with one attached hydrogen (secondary N) is 1. The smallest absolute Gasteiger partial charge is 0.430 e. The predicted molar refractivity (Wildman–Crippen MR) is 139 cm³/mol. The maximum Gasteiger partial charge on any atom is 0.430 e. The van der Waals surface area contributed by atoms with E-state index >= 15 is 8.78 Å². The number of sulfonamides is 1. The van der Waals surface area contributed by atoms with E-state index < -0.39 is 44.2 Å². The number of thiazole rings is 1. The first-order chi connectivity index (χ1) is 18.2. The van der Waals surface area contributed by atoms with Crippen LogP contribution in [0.15, 0.2) is 52.2 Å². The number of carbonyl (C=O) groups is 1. The van der Waals surface area contributed by atoms with Gasteiger partial charge >= 0.3 is 6.09 Å². The van der Waals surface area contributed by atoms with Crippen molar-refractivity contribution in [3.63, 3.8) is 0 Å². The van der Waals surface area contributed by atoms with Gasteiger partial charge in [-0.15, -0.1) is 15.6 Å². The Morgan fingerprint density at radius 1 is 1.18 bits per heavy atom. The van der Waals surface area contributed by atoms with Crippen molar-refractivity contribution in [2.45, 2.75) is 43.6 Å². The normalized spacial score (nSPS) is 15.5. The first-order valence-corrected chi connectivity index (χ1v) is 14.2. The third kappa shape index (κ3) is 6.68. The Kier molecular flexibility index (Phi) is 7.92. The molecule has 0 aliphatic carbocycles. The van der Waals surface area contributed by atoms with E-state index in [-0.39, 0.29) is 28.9 Å². The highest BCUT2D eigenvalue weighted by Gasteiger charge is 2.43. The van der Waals surface area contributed by atoms with Crippen molar-refractivity contribution < 1.29 is 35.5 Å². The summed E-state index contributed by atoms with van der Waals surface area (Å²) < 4.78 is 88.8. The van der Waals surface area contributed by atoms with Gasteiger partial charge in [-0.2, -0.15) is 0 Å². The molecule has 2 heterocycles. The number of ether oxygens (including phenoxy) is 1. The number of alkyl halides is 2. The van der Waals surface area contributed by atoms with Gasteiger partial charge in [0, 0.05) is 23.3 Å². The molecule has 210 valence electrons. The number of likely N-dealkylation sites (tertiary alicyclic amines) is 1. The minimum absolute atomic E-state index is 0.0932. The molecule has 8 nitrogen and oxygen atoms in total. The average molecular weight is 587 g/mol. The first-order valence-electron chi connectivity index (χ1n) is 11.8. The van der Waals surface area contributed by atoms with Crippen molar-refractivity contribution in [2.75, 3.05) is 29.3 Å². The van der Waals surface area contributed by atoms with Crippen LogP contribution < -0.4 is 9.62 Å². The van der Waals surface area contributed by atoms with Crippen LogP contribution in [0, 0.1) is 11.6 Å². The Bertz CT molecular complexity index is 1430. The highest BCUT2D eigenvalue weighted by atomic mass is 32.2. The lowest BCUT2D eigenvalue weighted by Crippen LogP contribution is -2.56. The van der Waals surface area contributed by atoms with Crippen LogP contribution in [0.2, 0.25) is 0 Å². The van der Waals surface area contributed by atoms with Crippen LogP contribution in [0.4, 0.5) is 39.5 Å². The second-order valence-corrected chi connectivity index (χ2v) is 12.4. The Hall–Kier alpha value is -3.23. The van der Waals surface area contributed by atoms with E-state index in [1.807, 2.05) is 0 Å². The van der Waals surface area contributed by atoms with E-state index in [1.54, 1.807) is 29.2 Å². The van der Waals surface area contributed by atoms with Crippen LogP contribution in [-0.2, 0) is 21.2 Å². The van der Waals surface area contributed by atoms with E-state index in [4.69, 9.17) is 4.74 Å². The molecular weight excluding hydrogens is 560 g/mol. The molecule has 39 heavy (non-hydrogen) atoms. The van der Waals surface area contributed by atoms with E-state index in [0.29, 0.717) is 24.2 Å². The van der Waals surface area contributed by atoms with Gasteiger partial charge in [-0.3, -0.25) is 4.90 Å². The average Bonchev–Trinajstić information content (AvgIpc) is 3.29. The van der Waals surface area contributed by atoms with Crippen LogP contribution in [-0.4, -0.2) is 55.6 Å². The molecule has 1 aliphatic heterocycles. The largest absolute Gasteiger partial charge is 0.443 e. The molecule has 4 rings (SSSR count). The number of rotatable bonds is 8. The van der Waals surface area contributed by atoms with Gasteiger partial charge in [-0.1, -0.05) is 18.2 Å². The van der Waals surface area contributed by atoms with E-state index in [9.17, 15) is 22.0 Å². The summed E-state index contributed by atoms with van der Waals surface area (Å²) in [6.07, 6.45) is -0.974. The maximum atomic E-state index is 15.3. The summed E-state index contributed by atoms with van der Waals surface area (Å²) in [6.45, 7) is 4.25.